The first-order valence-electron chi connectivity index (χ1n) is 6.39. The second-order valence-corrected chi connectivity index (χ2v) is 5.90. The predicted octanol–water partition coefficient (Wildman–Crippen LogP) is 1.67. The Morgan fingerprint density at radius 3 is 2.53 bits per heavy atom. The van der Waals surface area contributed by atoms with Crippen LogP contribution in [0, 0.1) is 0 Å². The minimum atomic E-state index is -0.674. The molecule has 0 spiro atoms. The molecule has 1 aliphatic heterocycles. The molecule has 1 aromatic heterocycles. The topological polar surface area (TPSA) is 71.5 Å². The van der Waals surface area contributed by atoms with E-state index < -0.39 is 5.79 Å². The molecule has 1 saturated heterocycles. The maximum absolute atomic E-state index is 5.83. The third-order valence-corrected chi connectivity index (χ3v) is 3.47. The summed E-state index contributed by atoms with van der Waals surface area (Å²) in [6.45, 7) is 6.65. The molecule has 6 heteroatoms. The molecule has 19 heavy (non-hydrogen) atoms. The van der Waals surface area contributed by atoms with Gasteiger partial charge in [0, 0.05) is 26.7 Å². The van der Waals surface area contributed by atoms with Gasteiger partial charge >= 0.3 is 0 Å². The number of rotatable bonds is 3. The number of methoxy groups -OCH3 is 2. The number of nitrogens with zero attached hydrogens (tertiary/aromatic N) is 2. The highest BCUT2D eigenvalue weighted by Crippen LogP contribution is 2.39. The molecule has 0 amide bonds. The molecule has 2 rings (SSSR count). The summed E-state index contributed by atoms with van der Waals surface area (Å²) in [4.78, 5) is 0. The highest BCUT2D eigenvalue weighted by molar-refractivity contribution is 5.32. The van der Waals surface area contributed by atoms with Crippen LogP contribution in [-0.4, -0.2) is 36.4 Å². The fourth-order valence-electron chi connectivity index (χ4n) is 2.37. The molecule has 0 saturated carbocycles. The Balaban J connectivity index is 2.29. The van der Waals surface area contributed by atoms with Crippen molar-refractivity contribution in [1.82, 2.24) is 9.78 Å². The Labute approximate surface area is 113 Å². The summed E-state index contributed by atoms with van der Waals surface area (Å²) in [5.74, 6) is -0.173. The van der Waals surface area contributed by atoms with E-state index in [0.717, 1.165) is 5.69 Å². The maximum Gasteiger partial charge on any atom is 0.194 e. The summed E-state index contributed by atoms with van der Waals surface area (Å²) in [6, 6.07) is 1.86. The van der Waals surface area contributed by atoms with Crippen LogP contribution in [0.4, 0.5) is 5.82 Å². The van der Waals surface area contributed by atoms with E-state index in [9.17, 15) is 0 Å². The molecule has 2 N–H and O–H groups in total. The lowest BCUT2D eigenvalue weighted by molar-refractivity contribution is -0.202. The van der Waals surface area contributed by atoms with Crippen LogP contribution in [0.15, 0.2) is 6.07 Å². The molecule has 1 aromatic rings. The van der Waals surface area contributed by atoms with Crippen molar-refractivity contribution < 1.29 is 14.2 Å². The number of nitrogen functional groups attached to an aromatic ring is 1. The van der Waals surface area contributed by atoms with Crippen LogP contribution in [0.2, 0.25) is 0 Å². The zero-order valence-corrected chi connectivity index (χ0v) is 12.3. The number of ether oxygens (including phenoxy) is 3. The normalized spacial score (nSPS) is 22.9. The summed E-state index contributed by atoms with van der Waals surface area (Å²) in [7, 11) is 3.26. The van der Waals surface area contributed by atoms with Gasteiger partial charge in [-0.1, -0.05) is 0 Å². The van der Waals surface area contributed by atoms with Crippen LogP contribution in [0.25, 0.3) is 0 Å². The number of hydrogen-bond donors (Lipinski definition) is 1. The Bertz CT molecular complexity index is 446. The van der Waals surface area contributed by atoms with Gasteiger partial charge in [-0.05, 0) is 20.8 Å². The van der Waals surface area contributed by atoms with Gasteiger partial charge < -0.3 is 19.9 Å². The van der Waals surface area contributed by atoms with Crippen molar-refractivity contribution in [1.29, 1.82) is 0 Å². The molecule has 0 bridgehead atoms. The van der Waals surface area contributed by atoms with Crippen molar-refractivity contribution in [2.45, 2.75) is 44.6 Å². The van der Waals surface area contributed by atoms with E-state index >= 15 is 0 Å². The lowest BCUT2D eigenvalue weighted by atomic mass is 10.1. The van der Waals surface area contributed by atoms with Gasteiger partial charge in [-0.3, -0.25) is 4.68 Å². The van der Waals surface area contributed by atoms with Crippen molar-refractivity contribution >= 4 is 5.82 Å². The van der Waals surface area contributed by atoms with E-state index in [1.807, 2.05) is 10.7 Å². The van der Waals surface area contributed by atoms with E-state index in [1.165, 1.54) is 0 Å². The monoisotopic (exact) mass is 269 g/mol. The molecule has 6 nitrogen and oxygen atoms in total. The number of aromatic nitrogens is 2. The molecular weight excluding hydrogens is 246 g/mol. The third kappa shape index (κ3) is 2.61. The Hall–Kier alpha value is -1.11. The van der Waals surface area contributed by atoms with Crippen molar-refractivity contribution in [2.24, 2.45) is 0 Å². The van der Waals surface area contributed by atoms with Crippen LogP contribution < -0.4 is 5.73 Å². The average molecular weight is 269 g/mol. The van der Waals surface area contributed by atoms with Gasteiger partial charge in [0.25, 0.3) is 0 Å². The molecule has 1 aliphatic rings. The van der Waals surface area contributed by atoms with Gasteiger partial charge in [0.05, 0.1) is 11.2 Å². The molecular formula is C13H23N3O3. The average Bonchev–Trinajstić information content (AvgIpc) is 2.92. The highest BCUT2D eigenvalue weighted by atomic mass is 16.7. The van der Waals surface area contributed by atoms with Crippen LogP contribution in [0.3, 0.4) is 0 Å². The molecule has 1 unspecified atom stereocenters. The first-order valence-corrected chi connectivity index (χ1v) is 6.39. The summed E-state index contributed by atoms with van der Waals surface area (Å²) in [5.41, 5.74) is 6.63. The molecule has 0 aromatic carbocycles. The summed E-state index contributed by atoms with van der Waals surface area (Å²) < 4.78 is 18.6. The molecule has 0 aliphatic carbocycles. The van der Waals surface area contributed by atoms with Crippen LogP contribution >= 0.6 is 0 Å². The van der Waals surface area contributed by atoms with Crippen molar-refractivity contribution in [2.75, 3.05) is 26.6 Å². The Morgan fingerprint density at radius 2 is 2.05 bits per heavy atom. The second kappa shape index (κ2) is 4.77. The van der Waals surface area contributed by atoms with Crippen molar-refractivity contribution in [3.63, 3.8) is 0 Å². The van der Waals surface area contributed by atoms with Gasteiger partial charge in [0.15, 0.2) is 5.79 Å². The summed E-state index contributed by atoms with van der Waals surface area (Å²) >= 11 is 0. The van der Waals surface area contributed by atoms with Gasteiger partial charge in [0.2, 0.25) is 0 Å². The fraction of sp³-hybridized carbons (Fsp3) is 0.769. The van der Waals surface area contributed by atoms with E-state index in [1.54, 1.807) is 14.2 Å². The number of nitrogens with two attached hydrogens (primary N) is 1. The smallest absolute Gasteiger partial charge is 0.194 e. The second-order valence-electron chi connectivity index (χ2n) is 5.90. The van der Waals surface area contributed by atoms with Crippen molar-refractivity contribution in [3.05, 3.63) is 11.8 Å². The maximum atomic E-state index is 5.83. The lowest BCUT2D eigenvalue weighted by Crippen LogP contribution is -2.34. The zero-order chi connectivity index (χ0) is 14.3. The fourth-order valence-corrected chi connectivity index (χ4v) is 2.37. The minimum absolute atomic E-state index is 0.121. The predicted molar refractivity (Wildman–Crippen MR) is 71.7 cm³/mol. The van der Waals surface area contributed by atoms with E-state index in [-0.39, 0.29) is 11.6 Å². The highest BCUT2D eigenvalue weighted by Gasteiger charge is 2.43. The third-order valence-electron chi connectivity index (χ3n) is 3.47. The quantitative estimate of drug-likeness (QED) is 0.845. The molecule has 2 heterocycles. The Morgan fingerprint density at radius 1 is 1.42 bits per heavy atom. The van der Waals surface area contributed by atoms with Gasteiger partial charge in [0.1, 0.15) is 18.5 Å². The molecule has 108 valence electrons. The van der Waals surface area contributed by atoms with Gasteiger partial charge in [-0.25, -0.2) is 0 Å². The molecule has 1 fully saturated rings. The van der Waals surface area contributed by atoms with Crippen LogP contribution in [0.5, 0.6) is 0 Å². The van der Waals surface area contributed by atoms with Gasteiger partial charge in [-0.2, -0.15) is 5.10 Å². The standard InChI is InChI=1S/C13H23N3O3/c1-12(2,3)16-9(6-11(14)15-16)10-7-13(17-4,18-5)8-19-10/h6,10H,7-8H2,1-5H3,(H2,14,15). The summed E-state index contributed by atoms with van der Waals surface area (Å²) in [5, 5.41) is 4.36. The zero-order valence-electron chi connectivity index (χ0n) is 12.3. The van der Waals surface area contributed by atoms with Crippen LogP contribution in [0.1, 0.15) is 39.0 Å². The number of hydrogen-bond acceptors (Lipinski definition) is 5. The minimum Gasteiger partial charge on any atom is -0.382 e. The largest absolute Gasteiger partial charge is 0.382 e. The first kappa shape index (κ1) is 14.3. The number of anilines is 1. The first-order chi connectivity index (χ1) is 8.81. The summed E-state index contributed by atoms with van der Waals surface area (Å²) in [6.07, 6.45) is 0.505. The van der Waals surface area contributed by atoms with E-state index in [0.29, 0.717) is 18.8 Å². The van der Waals surface area contributed by atoms with Gasteiger partial charge in [-0.15, -0.1) is 0 Å². The molecule has 0 radical (unpaired) electrons. The Kier molecular flexibility index (Phi) is 3.59. The lowest BCUT2D eigenvalue weighted by Gasteiger charge is -2.25. The van der Waals surface area contributed by atoms with E-state index in [2.05, 4.69) is 25.9 Å². The SMILES string of the molecule is COC1(OC)COC(c2cc(N)nn2C(C)(C)C)C1. The molecule has 1 atom stereocenters. The van der Waals surface area contributed by atoms with Crippen molar-refractivity contribution in [3.8, 4) is 0 Å². The van der Waals surface area contributed by atoms with E-state index in [4.69, 9.17) is 19.9 Å². The van der Waals surface area contributed by atoms with Crippen LogP contribution in [-0.2, 0) is 19.7 Å².